The van der Waals surface area contributed by atoms with Crippen molar-refractivity contribution in [3.05, 3.63) is 10.1 Å². The van der Waals surface area contributed by atoms with Gasteiger partial charge in [-0.15, -0.1) is 23.2 Å². The van der Waals surface area contributed by atoms with Crippen LogP contribution in [0.15, 0.2) is 10.1 Å². The molecule has 3 saturated carbocycles. The minimum absolute atomic E-state index is 0.125. The number of carbonyl (C=O) groups excluding carboxylic acids is 2. The molecule has 0 aromatic heterocycles. The molecular weight excluding hydrogens is 469 g/mol. The summed E-state index contributed by atoms with van der Waals surface area (Å²) in [6, 6.07) is 0. The molecule has 3 fully saturated rings. The predicted octanol–water partition coefficient (Wildman–Crippen LogP) is 4.58. The van der Waals surface area contributed by atoms with Crippen LogP contribution in [0.2, 0.25) is 0 Å². The number of fused-ring (bicyclic) bond motifs is 9. The molecule has 0 aliphatic heterocycles. The Morgan fingerprint density at radius 1 is 0.846 bits per heavy atom. The Morgan fingerprint density at radius 3 is 1.50 bits per heavy atom. The summed E-state index contributed by atoms with van der Waals surface area (Å²) < 4.78 is 9.32. The minimum Gasteiger partial charge on any atom is -0.458 e. The van der Waals surface area contributed by atoms with E-state index in [9.17, 15) is 9.59 Å². The van der Waals surface area contributed by atoms with Crippen LogP contribution < -0.4 is 0 Å². The van der Waals surface area contributed by atoms with E-state index in [4.69, 9.17) is 79.1 Å². The van der Waals surface area contributed by atoms with Gasteiger partial charge in [-0.05, 0) is 18.3 Å². The maximum absolute atomic E-state index is 11.6. The third-order valence-corrected chi connectivity index (χ3v) is 10.6. The molecule has 4 nitrogen and oxygen atoms in total. The molecular formula is C16H14Cl6O4. The van der Waals surface area contributed by atoms with Crippen LogP contribution in [0.25, 0.3) is 0 Å². The zero-order chi connectivity index (χ0) is 19.4. The average molecular weight is 483 g/mol. The minimum atomic E-state index is -1.66. The summed E-state index contributed by atoms with van der Waals surface area (Å²) in [5.41, 5.74) is 0. The number of allylic oxidation sites excluding steroid dienone is 2. The molecule has 0 spiro atoms. The Morgan fingerprint density at radius 2 is 1.19 bits per heavy atom. The lowest BCUT2D eigenvalue weighted by atomic mass is 9.70. The summed E-state index contributed by atoms with van der Waals surface area (Å²) in [6.45, 7) is 2.59. The van der Waals surface area contributed by atoms with Gasteiger partial charge in [-0.3, -0.25) is 9.59 Å². The highest BCUT2D eigenvalue weighted by molar-refractivity contribution is 6.65. The van der Waals surface area contributed by atoms with Crippen LogP contribution >= 0.6 is 69.6 Å². The van der Waals surface area contributed by atoms with Gasteiger partial charge in [0.25, 0.3) is 0 Å². The van der Waals surface area contributed by atoms with Crippen molar-refractivity contribution in [2.24, 2.45) is 23.7 Å². The lowest BCUT2D eigenvalue weighted by molar-refractivity contribution is -0.175. The van der Waals surface area contributed by atoms with Crippen LogP contribution in [0.3, 0.4) is 0 Å². The fraction of sp³-hybridized carbons (Fsp3) is 0.750. The van der Waals surface area contributed by atoms with Crippen LogP contribution in [0.1, 0.15) is 20.3 Å². The van der Waals surface area contributed by atoms with Gasteiger partial charge in [0.05, 0.1) is 10.1 Å². The van der Waals surface area contributed by atoms with Crippen molar-refractivity contribution in [2.75, 3.05) is 0 Å². The molecule has 4 bridgehead atoms. The molecule has 0 unspecified atom stereocenters. The Bertz CT molecular complexity index is 695. The summed E-state index contributed by atoms with van der Waals surface area (Å²) in [7, 11) is 0. The van der Waals surface area contributed by atoms with E-state index in [0.29, 0.717) is 6.42 Å². The van der Waals surface area contributed by atoms with Gasteiger partial charge >= 0.3 is 11.9 Å². The summed E-state index contributed by atoms with van der Waals surface area (Å²) >= 11 is 39.9. The Balaban J connectivity index is 1.85. The first kappa shape index (κ1) is 19.7. The van der Waals surface area contributed by atoms with Crippen molar-refractivity contribution < 1.29 is 19.1 Å². The zero-order valence-corrected chi connectivity index (χ0v) is 18.1. The van der Waals surface area contributed by atoms with Gasteiger partial charge in [0.2, 0.25) is 0 Å². The van der Waals surface area contributed by atoms with E-state index in [1.165, 1.54) is 13.8 Å². The van der Waals surface area contributed by atoms with E-state index >= 15 is 0 Å². The Labute approximate surface area is 180 Å². The van der Waals surface area contributed by atoms with E-state index in [1.807, 2.05) is 0 Å². The van der Waals surface area contributed by atoms with Crippen molar-refractivity contribution in [2.45, 2.75) is 46.6 Å². The summed E-state index contributed by atoms with van der Waals surface area (Å²) in [5, 5.41) is 0.250. The molecule has 0 aromatic carbocycles. The number of carbonyl (C=O) groups is 2. The van der Waals surface area contributed by atoms with Gasteiger partial charge < -0.3 is 9.47 Å². The fourth-order valence-electron chi connectivity index (χ4n) is 5.65. The maximum Gasteiger partial charge on any atom is 0.303 e. The van der Waals surface area contributed by atoms with Crippen LogP contribution in [0.4, 0.5) is 0 Å². The number of hydrogen-bond acceptors (Lipinski definition) is 4. The van der Waals surface area contributed by atoms with Crippen molar-refractivity contribution in [1.29, 1.82) is 0 Å². The molecule has 0 aromatic rings. The normalized spacial score (nSPS) is 50.2. The monoisotopic (exact) mass is 480 g/mol. The number of alkyl halides is 4. The summed E-state index contributed by atoms with van der Waals surface area (Å²) in [4.78, 5) is 20.4. The van der Waals surface area contributed by atoms with Crippen LogP contribution in [0, 0.1) is 23.7 Å². The molecule has 26 heavy (non-hydrogen) atoms. The highest BCUT2D eigenvalue weighted by Gasteiger charge is 2.88. The smallest absolute Gasteiger partial charge is 0.303 e. The van der Waals surface area contributed by atoms with Crippen LogP contribution in [-0.4, -0.2) is 38.2 Å². The lowest BCUT2D eigenvalue weighted by Gasteiger charge is -2.44. The van der Waals surface area contributed by atoms with E-state index < -0.39 is 38.2 Å². The molecule has 4 rings (SSSR count). The number of hydrogen-bond donors (Lipinski definition) is 0. The quantitative estimate of drug-likeness (QED) is 0.328. The second-order valence-electron chi connectivity index (χ2n) is 7.39. The fourth-order valence-corrected chi connectivity index (χ4v) is 8.79. The first-order chi connectivity index (χ1) is 11.9. The highest BCUT2D eigenvalue weighted by Crippen LogP contribution is 2.82. The van der Waals surface area contributed by atoms with Gasteiger partial charge in [-0.1, -0.05) is 46.4 Å². The Hall–Kier alpha value is 0.420. The van der Waals surface area contributed by atoms with Gasteiger partial charge in [-0.25, -0.2) is 0 Å². The topological polar surface area (TPSA) is 52.6 Å². The molecule has 0 radical (unpaired) electrons. The number of ether oxygens (including phenoxy) is 2. The summed E-state index contributed by atoms with van der Waals surface area (Å²) in [5.74, 6) is -2.21. The van der Waals surface area contributed by atoms with Gasteiger partial charge in [0, 0.05) is 25.7 Å². The molecule has 8 atom stereocenters. The second-order valence-corrected chi connectivity index (χ2v) is 10.7. The standard InChI is InChI=1S/C16H14Cl6O4/c1-4(23)25-10-6-3-7(11(10)26-5(2)24)9-8(6)14(19)12(17)13(18)15(9,20)16(14,21)22/h6-11H,3H2,1-2H3/t6-,7+,8+,9-,10-,11+,14+,15-. The molecule has 144 valence electrons. The number of rotatable bonds is 2. The highest BCUT2D eigenvalue weighted by atomic mass is 35.5. The first-order valence-electron chi connectivity index (χ1n) is 8.07. The number of halogens is 6. The SMILES string of the molecule is CC(=O)O[C@@H]1[C@@H]2C[C@H]([C@@H]1OC(C)=O)[C@@H]1[C@H]2[C@]2(Cl)C(Cl)=C(Cl)[C@@]1(Cl)C2(Cl)Cl. The molecule has 0 N–H and O–H groups in total. The molecule has 0 amide bonds. The van der Waals surface area contributed by atoms with E-state index in [0.717, 1.165) is 0 Å². The second kappa shape index (κ2) is 5.73. The van der Waals surface area contributed by atoms with E-state index in [1.54, 1.807) is 0 Å². The summed E-state index contributed by atoms with van der Waals surface area (Å²) in [6.07, 6.45) is -0.734. The van der Waals surface area contributed by atoms with Crippen molar-refractivity contribution in [3.63, 3.8) is 0 Å². The molecule has 0 heterocycles. The van der Waals surface area contributed by atoms with Gasteiger partial charge in [0.15, 0.2) is 4.33 Å². The predicted molar refractivity (Wildman–Crippen MR) is 100 cm³/mol. The largest absolute Gasteiger partial charge is 0.458 e. The third-order valence-electron chi connectivity index (χ3n) is 6.29. The van der Waals surface area contributed by atoms with Crippen molar-refractivity contribution >= 4 is 81.5 Å². The molecule has 4 aliphatic carbocycles. The van der Waals surface area contributed by atoms with Gasteiger partial charge in [-0.2, -0.15) is 0 Å². The molecule has 0 saturated heterocycles. The van der Waals surface area contributed by atoms with E-state index in [2.05, 4.69) is 0 Å². The average Bonchev–Trinajstić information content (AvgIpc) is 3.12. The molecule has 10 heteroatoms. The lowest BCUT2D eigenvalue weighted by Crippen LogP contribution is -2.52. The maximum atomic E-state index is 11.6. The Kier molecular flexibility index (Phi) is 4.35. The third kappa shape index (κ3) is 1.97. The van der Waals surface area contributed by atoms with Crippen LogP contribution in [0.5, 0.6) is 0 Å². The van der Waals surface area contributed by atoms with Crippen LogP contribution in [-0.2, 0) is 19.1 Å². The van der Waals surface area contributed by atoms with Crippen molar-refractivity contribution in [1.82, 2.24) is 0 Å². The van der Waals surface area contributed by atoms with E-state index in [-0.39, 0.29) is 33.7 Å². The van der Waals surface area contributed by atoms with Gasteiger partial charge in [0.1, 0.15) is 22.0 Å². The number of esters is 2. The molecule has 4 aliphatic rings. The first-order valence-corrected chi connectivity index (χ1v) is 10.3. The van der Waals surface area contributed by atoms with Crippen molar-refractivity contribution in [3.8, 4) is 0 Å². The zero-order valence-electron chi connectivity index (χ0n) is 13.6.